The zero-order chi connectivity index (χ0) is 9.23. The molecule has 0 saturated heterocycles. The predicted octanol–water partition coefficient (Wildman–Crippen LogP) is 1.06. The van der Waals surface area contributed by atoms with E-state index >= 15 is 0 Å². The van der Waals surface area contributed by atoms with Crippen LogP contribution in [0.1, 0.15) is 27.7 Å². The summed E-state index contributed by atoms with van der Waals surface area (Å²) in [6.45, 7) is 6.74. The van der Waals surface area contributed by atoms with Gasteiger partial charge >= 0.3 is 0 Å². The number of nitro groups is 1. The van der Waals surface area contributed by atoms with Crippen molar-refractivity contribution in [2.75, 3.05) is 0 Å². The molecule has 0 saturated carbocycles. The van der Waals surface area contributed by atoms with Gasteiger partial charge in [-0.25, -0.2) is 0 Å². The summed E-state index contributed by atoms with van der Waals surface area (Å²) in [6, 6.07) is -0.894. The molecule has 0 aromatic heterocycles. The van der Waals surface area contributed by atoms with Crippen LogP contribution in [0.15, 0.2) is 0 Å². The summed E-state index contributed by atoms with van der Waals surface area (Å²) >= 11 is 0. The molecule has 0 fully saturated rings. The quantitative estimate of drug-likeness (QED) is 0.486. The standard InChI is InChI=1S/C7H15NO3/c1-5(8(10)11)6(9)7(2,3)4/h5-6,9H,1-4H3/t5-,6-/m1/s1. The van der Waals surface area contributed by atoms with Gasteiger partial charge in [0.1, 0.15) is 6.10 Å². The van der Waals surface area contributed by atoms with Gasteiger partial charge in [-0.15, -0.1) is 0 Å². The highest BCUT2D eigenvalue weighted by molar-refractivity contribution is 4.76. The second-order valence-electron chi connectivity index (χ2n) is 3.84. The number of nitrogens with zero attached hydrogens (tertiary/aromatic N) is 1. The SMILES string of the molecule is C[C@H]([C@@H](O)C(C)(C)C)[N+](=O)[O-]. The summed E-state index contributed by atoms with van der Waals surface area (Å²) in [7, 11) is 0. The summed E-state index contributed by atoms with van der Waals surface area (Å²) in [5, 5.41) is 19.6. The zero-order valence-electron chi connectivity index (χ0n) is 7.37. The van der Waals surface area contributed by atoms with Gasteiger partial charge in [-0.3, -0.25) is 10.1 Å². The van der Waals surface area contributed by atoms with Crippen LogP contribution in [0, 0.1) is 15.5 Å². The Morgan fingerprint density at radius 1 is 1.45 bits per heavy atom. The first-order chi connectivity index (χ1) is 4.76. The summed E-state index contributed by atoms with van der Waals surface area (Å²) in [5.74, 6) is 0. The molecule has 0 amide bonds. The van der Waals surface area contributed by atoms with Crippen LogP contribution in [0.4, 0.5) is 0 Å². The van der Waals surface area contributed by atoms with Crippen molar-refractivity contribution in [3.8, 4) is 0 Å². The maximum absolute atomic E-state index is 10.2. The van der Waals surface area contributed by atoms with E-state index in [1.54, 1.807) is 20.8 Å². The Bertz CT molecular complexity index is 150. The first-order valence-corrected chi connectivity index (χ1v) is 3.58. The van der Waals surface area contributed by atoms with Crippen LogP contribution in [0.2, 0.25) is 0 Å². The van der Waals surface area contributed by atoms with Gasteiger partial charge in [-0.1, -0.05) is 20.8 Å². The molecule has 0 unspecified atom stereocenters. The Labute approximate surface area is 66.4 Å². The van der Waals surface area contributed by atoms with E-state index in [0.29, 0.717) is 0 Å². The molecule has 0 radical (unpaired) electrons. The van der Waals surface area contributed by atoms with E-state index in [2.05, 4.69) is 0 Å². The molecule has 0 aliphatic rings. The second kappa shape index (κ2) is 3.17. The summed E-state index contributed by atoms with van der Waals surface area (Å²) in [6.07, 6.45) is -0.891. The molecule has 0 spiro atoms. The van der Waals surface area contributed by atoms with Crippen molar-refractivity contribution in [3.05, 3.63) is 10.1 Å². The molecule has 4 nitrogen and oxygen atoms in total. The molecule has 2 atom stereocenters. The molecule has 0 rings (SSSR count). The van der Waals surface area contributed by atoms with Crippen molar-refractivity contribution in [2.45, 2.75) is 39.8 Å². The van der Waals surface area contributed by atoms with Crippen LogP contribution < -0.4 is 0 Å². The third kappa shape index (κ3) is 2.84. The molecule has 0 aromatic rings. The maximum Gasteiger partial charge on any atom is 0.236 e. The molecule has 0 bridgehead atoms. The average molecular weight is 161 g/mol. The van der Waals surface area contributed by atoms with Crippen molar-refractivity contribution in [1.29, 1.82) is 0 Å². The Kier molecular flexibility index (Phi) is 2.99. The van der Waals surface area contributed by atoms with Gasteiger partial charge in [0, 0.05) is 11.8 Å². The van der Waals surface area contributed by atoms with E-state index in [4.69, 9.17) is 0 Å². The largest absolute Gasteiger partial charge is 0.385 e. The zero-order valence-corrected chi connectivity index (χ0v) is 7.37. The minimum Gasteiger partial charge on any atom is -0.385 e. The maximum atomic E-state index is 10.2. The molecule has 0 heterocycles. The topological polar surface area (TPSA) is 63.4 Å². The molecule has 4 heteroatoms. The van der Waals surface area contributed by atoms with Crippen LogP contribution in [-0.4, -0.2) is 22.2 Å². The van der Waals surface area contributed by atoms with Gasteiger partial charge in [0.2, 0.25) is 6.04 Å². The number of aliphatic hydroxyl groups excluding tert-OH is 1. The minimum atomic E-state index is -0.894. The van der Waals surface area contributed by atoms with Gasteiger partial charge in [0.15, 0.2) is 0 Å². The third-order valence-corrected chi connectivity index (χ3v) is 1.68. The van der Waals surface area contributed by atoms with Crippen molar-refractivity contribution >= 4 is 0 Å². The van der Waals surface area contributed by atoms with Crippen LogP contribution in [0.5, 0.6) is 0 Å². The highest BCUT2D eigenvalue weighted by Crippen LogP contribution is 2.22. The minimum absolute atomic E-state index is 0.424. The van der Waals surface area contributed by atoms with Crippen LogP contribution in [-0.2, 0) is 0 Å². The molecular weight excluding hydrogens is 146 g/mol. The van der Waals surface area contributed by atoms with Gasteiger partial charge in [0.05, 0.1) is 0 Å². The fourth-order valence-electron chi connectivity index (χ4n) is 0.839. The highest BCUT2D eigenvalue weighted by atomic mass is 16.6. The summed E-state index contributed by atoms with van der Waals surface area (Å²) in [4.78, 5) is 9.77. The molecule has 66 valence electrons. The van der Waals surface area contributed by atoms with Crippen molar-refractivity contribution in [3.63, 3.8) is 0 Å². The van der Waals surface area contributed by atoms with E-state index < -0.39 is 22.5 Å². The lowest BCUT2D eigenvalue weighted by molar-refractivity contribution is -0.533. The number of hydrogen-bond donors (Lipinski definition) is 1. The third-order valence-electron chi connectivity index (χ3n) is 1.68. The lowest BCUT2D eigenvalue weighted by atomic mass is 9.85. The fourth-order valence-corrected chi connectivity index (χ4v) is 0.839. The van der Waals surface area contributed by atoms with Crippen molar-refractivity contribution < 1.29 is 10.0 Å². The molecule has 0 aromatic carbocycles. The lowest BCUT2D eigenvalue weighted by Crippen LogP contribution is -2.40. The Balaban J connectivity index is 4.25. The van der Waals surface area contributed by atoms with E-state index in [-0.39, 0.29) is 0 Å². The lowest BCUT2D eigenvalue weighted by Gasteiger charge is -2.25. The van der Waals surface area contributed by atoms with E-state index in [0.717, 1.165) is 0 Å². The summed E-state index contributed by atoms with van der Waals surface area (Å²) in [5.41, 5.74) is -0.424. The van der Waals surface area contributed by atoms with Crippen LogP contribution >= 0.6 is 0 Å². The van der Waals surface area contributed by atoms with Crippen LogP contribution in [0.25, 0.3) is 0 Å². The first kappa shape index (κ1) is 10.4. The number of hydrogen-bond acceptors (Lipinski definition) is 3. The molecular formula is C7H15NO3. The van der Waals surface area contributed by atoms with Crippen molar-refractivity contribution in [1.82, 2.24) is 0 Å². The van der Waals surface area contributed by atoms with E-state index in [1.807, 2.05) is 0 Å². The number of rotatable bonds is 2. The Hall–Kier alpha value is -0.640. The first-order valence-electron chi connectivity index (χ1n) is 3.58. The Morgan fingerprint density at radius 3 is 1.91 bits per heavy atom. The summed E-state index contributed by atoms with van der Waals surface area (Å²) < 4.78 is 0. The highest BCUT2D eigenvalue weighted by Gasteiger charge is 2.34. The van der Waals surface area contributed by atoms with Crippen molar-refractivity contribution in [2.24, 2.45) is 5.41 Å². The predicted molar refractivity (Wildman–Crippen MR) is 41.9 cm³/mol. The second-order valence-corrected chi connectivity index (χ2v) is 3.84. The molecule has 1 N–H and O–H groups in total. The normalized spacial score (nSPS) is 17.5. The van der Waals surface area contributed by atoms with Crippen LogP contribution in [0.3, 0.4) is 0 Å². The molecule has 0 aliphatic carbocycles. The Morgan fingerprint density at radius 2 is 1.82 bits per heavy atom. The van der Waals surface area contributed by atoms with E-state index in [9.17, 15) is 15.2 Å². The van der Waals surface area contributed by atoms with Gasteiger partial charge in [0.25, 0.3) is 0 Å². The van der Waals surface area contributed by atoms with E-state index in [1.165, 1.54) is 6.92 Å². The van der Waals surface area contributed by atoms with Gasteiger partial charge < -0.3 is 5.11 Å². The average Bonchev–Trinajstić information content (AvgIpc) is 1.82. The molecule has 11 heavy (non-hydrogen) atoms. The smallest absolute Gasteiger partial charge is 0.236 e. The van der Waals surface area contributed by atoms with Gasteiger partial charge in [-0.2, -0.15) is 0 Å². The molecule has 0 aliphatic heterocycles. The fraction of sp³-hybridized carbons (Fsp3) is 1.00. The monoisotopic (exact) mass is 161 g/mol. The van der Waals surface area contributed by atoms with Gasteiger partial charge in [-0.05, 0) is 5.41 Å². The number of aliphatic hydroxyl groups is 1.